The van der Waals surface area contributed by atoms with E-state index in [0.29, 0.717) is 0 Å². The van der Waals surface area contributed by atoms with E-state index in [0.717, 1.165) is 11.3 Å². The van der Waals surface area contributed by atoms with E-state index >= 15 is 0 Å². The fourth-order valence-electron chi connectivity index (χ4n) is 0.932. The molecule has 10 heavy (non-hydrogen) atoms. The van der Waals surface area contributed by atoms with Crippen molar-refractivity contribution in [2.45, 2.75) is 13.8 Å². The van der Waals surface area contributed by atoms with Crippen molar-refractivity contribution in [3.8, 4) is 5.75 Å². The predicted molar refractivity (Wildman–Crippen MR) is 40.8 cm³/mol. The predicted octanol–water partition coefficient (Wildman–Crippen LogP) is 2.35. The lowest BCUT2D eigenvalue weighted by molar-refractivity contribution is 0.469. The highest BCUT2D eigenvalue weighted by Gasteiger charge is 1.95. The molecule has 0 saturated carbocycles. The fourth-order valence-corrected chi connectivity index (χ4v) is 0.932. The number of hydrogen-bond donors (Lipinski definition) is 0. The van der Waals surface area contributed by atoms with Crippen LogP contribution in [0, 0.1) is 21.0 Å². The van der Waals surface area contributed by atoms with Crippen LogP contribution in [0.4, 0.5) is 0 Å². The number of rotatable bonds is 1. The summed E-state index contributed by atoms with van der Waals surface area (Å²) in [5.74, 6) is 0.741. The van der Waals surface area contributed by atoms with E-state index in [2.05, 4.69) is 4.74 Å². The van der Waals surface area contributed by atoms with Gasteiger partial charge < -0.3 is 4.74 Å². The first-order valence-corrected chi connectivity index (χ1v) is 3.18. The zero-order valence-corrected chi connectivity index (χ0v) is 6.22. The summed E-state index contributed by atoms with van der Waals surface area (Å²) in [5.41, 5.74) is 2.29. The largest absolute Gasteiger partial charge is 0.482 e. The third-order valence-corrected chi connectivity index (χ3v) is 1.46. The number of benzene rings is 1. The molecule has 0 atom stereocenters. The first-order valence-electron chi connectivity index (χ1n) is 3.18. The Kier molecular flexibility index (Phi) is 1.95. The minimum atomic E-state index is 0.741. The van der Waals surface area contributed by atoms with Gasteiger partial charge in [0.15, 0.2) is 7.11 Å². The van der Waals surface area contributed by atoms with E-state index < -0.39 is 0 Å². The molecule has 1 nitrogen and oxygen atoms in total. The van der Waals surface area contributed by atoms with Crippen LogP contribution >= 0.6 is 0 Å². The minimum absolute atomic E-state index is 0.741. The van der Waals surface area contributed by atoms with E-state index in [1.807, 2.05) is 32.0 Å². The molecule has 1 rings (SSSR count). The lowest BCUT2D eigenvalue weighted by atomic mass is 10.1. The number of hydrogen-bond acceptors (Lipinski definition) is 1. The van der Waals surface area contributed by atoms with E-state index in [1.54, 1.807) is 0 Å². The molecule has 0 aliphatic rings. The molecule has 0 saturated heterocycles. The molecule has 0 fully saturated rings. The molecular weight excluding hydrogens is 124 g/mol. The molecule has 0 bridgehead atoms. The summed E-state index contributed by atoms with van der Waals surface area (Å²) in [6, 6.07) is 5.86. The van der Waals surface area contributed by atoms with Gasteiger partial charge in [0.25, 0.3) is 0 Å². The maximum atomic E-state index is 5.00. The van der Waals surface area contributed by atoms with Crippen molar-refractivity contribution in [1.29, 1.82) is 0 Å². The summed E-state index contributed by atoms with van der Waals surface area (Å²) in [4.78, 5) is 0. The quantitative estimate of drug-likeness (QED) is 0.572. The highest BCUT2D eigenvalue weighted by Crippen LogP contribution is 2.17. The van der Waals surface area contributed by atoms with Crippen molar-refractivity contribution in [1.82, 2.24) is 0 Å². The van der Waals surface area contributed by atoms with Crippen LogP contribution in [-0.2, 0) is 0 Å². The Hall–Kier alpha value is -0.980. The van der Waals surface area contributed by atoms with Crippen molar-refractivity contribution < 1.29 is 4.74 Å². The van der Waals surface area contributed by atoms with Crippen LogP contribution in [0.25, 0.3) is 0 Å². The topological polar surface area (TPSA) is 9.23 Å². The van der Waals surface area contributed by atoms with Gasteiger partial charge in [0.1, 0.15) is 5.75 Å². The Morgan fingerprint density at radius 1 is 1.30 bits per heavy atom. The average Bonchev–Trinajstić information content (AvgIpc) is 1.88. The number of ether oxygens (including phenoxy) is 1. The third-order valence-electron chi connectivity index (χ3n) is 1.46. The zero-order valence-electron chi connectivity index (χ0n) is 6.22. The Bertz CT molecular complexity index is 228. The first kappa shape index (κ1) is 7.13. The molecule has 0 unspecified atom stereocenters. The molecule has 0 amide bonds. The Morgan fingerprint density at radius 3 is 2.50 bits per heavy atom. The average molecular weight is 134 g/mol. The fraction of sp³-hybridized carbons (Fsp3) is 0.222. The molecule has 0 aromatic heterocycles. The molecule has 0 N–H and O–H groups in total. The first-order chi connectivity index (χ1) is 4.74. The van der Waals surface area contributed by atoms with Gasteiger partial charge in [0.05, 0.1) is 0 Å². The van der Waals surface area contributed by atoms with Gasteiger partial charge in [-0.25, -0.2) is 0 Å². The van der Waals surface area contributed by atoms with Crippen LogP contribution in [0.1, 0.15) is 11.1 Å². The third kappa shape index (κ3) is 1.29. The maximum Gasteiger partial charge on any atom is 0.180 e. The van der Waals surface area contributed by atoms with Crippen LogP contribution in [0.2, 0.25) is 0 Å². The highest BCUT2D eigenvalue weighted by molar-refractivity contribution is 5.35. The second kappa shape index (κ2) is 2.74. The minimum Gasteiger partial charge on any atom is -0.482 e. The molecule has 1 aromatic rings. The molecule has 1 heteroatoms. The molecule has 0 aliphatic carbocycles. The molecule has 52 valence electrons. The summed E-state index contributed by atoms with van der Waals surface area (Å²) in [5, 5.41) is 0. The standard InChI is InChI=1S/C9H10O/c1-7-4-5-9(10-3)8(2)6-7/h3-6H,1-2H3. The summed E-state index contributed by atoms with van der Waals surface area (Å²) < 4.78 is 4.60. The van der Waals surface area contributed by atoms with Crippen molar-refractivity contribution in [2.24, 2.45) is 0 Å². The smallest absolute Gasteiger partial charge is 0.180 e. The Morgan fingerprint density at radius 2 is 2.00 bits per heavy atom. The molecule has 1 aromatic carbocycles. The van der Waals surface area contributed by atoms with Crippen molar-refractivity contribution in [3.63, 3.8) is 0 Å². The molecular formula is C9H10O. The van der Waals surface area contributed by atoms with Crippen LogP contribution in [-0.4, -0.2) is 0 Å². The van der Waals surface area contributed by atoms with Gasteiger partial charge in [0.2, 0.25) is 0 Å². The summed E-state index contributed by atoms with van der Waals surface area (Å²) in [7, 11) is 5.00. The van der Waals surface area contributed by atoms with Gasteiger partial charge in [-0.05, 0) is 25.5 Å². The molecule has 2 radical (unpaired) electrons. The van der Waals surface area contributed by atoms with Crippen LogP contribution < -0.4 is 4.74 Å². The molecule has 0 heterocycles. The molecule has 0 aliphatic heterocycles. The Balaban J connectivity index is 3.07. The van der Waals surface area contributed by atoms with Crippen molar-refractivity contribution in [2.75, 3.05) is 0 Å². The maximum absolute atomic E-state index is 5.00. The van der Waals surface area contributed by atoms with Crippen LogP contribution in [0.5, 0.6) is 5.75 Å². The summed E-state index contributed by atoms with van der Waals surface area (Å²) in [6.07, 6.45) is 0. The second-order valence-corrected chi connectivity index (χ2v) is 2.39. The van der Waals surface area contributed by atoms with Crippen molar-refractivity contribution >= 4 is 0 Å². The highest BCUT2D eigenvalue weighted by atomic mass is 16.5. The SMILES string of the molecule is [CH]Oc1ccc(C)cc1C. The lowest BCUT2D eigenvalue weighted by Gasteiger charge is -2.02. The van der Waals surface area contributed by atoms with Gasteiger partial charge in [-0.2, -0.15) is 0 Å². The van der Waals surface area contributed by atoms with E-state index in [9.17, 15) is 0 Å². The van der Waals surface area contributed by atoms with Crippen LogP contribution in [0.15, 0.2) is 18.2 Å². The van der Waals surface area contributed by atoms with Gasteiger partial charge in [-0.3, -0.25) is 0 Å². The summed E-state index contributed by atoms with van der Waals surface area (Å²) in [6.45, 7) is 4.00. The van der Waals surface area contributed by atoms with Gasteiger partial charge in [0, 0.05) is 0 Å². The zero-order chi connectivity index (χ0) is 7.56. The summed E-state index contributed by atoms with van der Waals surface area (Å²) >= 11 is 0. The van der Waals surface area contributed by atoms with E-state index in [1.165, 1.54) is 5.56 Å². The van der Waals surface area contributed by atoms with E-state index in [-0.39, 0.29) is 0 Å². The van der Waals surface area contributed by atoms with Crippen molar-refractivity contribution in [3.05, 3.63) is 36.4 Å². The second-order valence-electron chi connectivity index (χ2n) is 2.39. The van der Waals surface area contributed by atoms with Gasteiger partial charge in [-0.15, -0.1) is 0 Å². The molecule has 0 spiro atoms. The monoisotopic (exact) mass is 134 g/mol. The van der Waals surface area contributed by atoms with Gasteiger partial charge >= 0.3 is 0 Å². The van der Waals surface area contributed by atoms with Gasteiger partial charge in [-0.1, -0.05) is 17.7 Å². The number of aryl methyl sites for hydroxylation is 2. The lowest BCUT2D eigenvalue weighted by Crippen LogP contribution is -1.84. The van der Waals surface area contributed by atoms with E-state index in [4.69, 9.17) is 7.11 Å². The Labute approximate surface area is 61.6 Å². The normalized spacial score (nSPS) is 9.50. The van der Waals surface area contributed by atoms with Crippen LogP contribution in [0.3, 0.4) is 0 Å².